The summed E-state index contributed by atoms with van der Waals surface area (Å²) in [5, 5.41) is 2.99. The number of rotatable bonds is 4. The number of amides is 1. The van der Waals surface area contributed by atoms with Gasteiger partial charge in [-0.25, -0.2) is 4.98 Å². The van der Waals surface area contributed by atoms with Crippen molar-refractivity contribution in [2.45, 2.75) is 20.4 Å². The zero-order valence-electron chi connectivity index (χ0n) is 15.4. The molecule has 0 aliphatic heterocycles. The standard InChI is InChI=1S/C23H21N3O/c1-16-10-12-18(13-11-16)23-25-20-8-3-4-9-21(20)26(23)15-22(27)24-19-7-5-6-17(2)14-19/h3-14H,15H2,1-2H3,(H,24,27). The topological polar surface area (TPSA) is 46.9 Å². The summed E-state index contributed by atoms with van der Waals surface area (Å²) in [5.41, 5.74) is 5.95. The molecule has 4 nitrogen and oxygen atoms in total. The van der Waals surface area contributed by atoms with E-state index in [0.29, 0.717) is 0 Å². The third-order valence-electron chi connectivity index (χ3n) is 4.57. The first-order valence-corrected chi connectivity index (χ1v) is 8.99. The van der Waals surface area contributed by atoms with E-state index in [9.17, 15) is 4.79 Å². The maximum atomic E-state index is 12.7. The molecule has 4 heteroatoms. The van der Waals surface area contributed by atoms with E-state index < -0.39 is 0 Å². The quantitative estimate of drug-likeness (QED) is 0.562. The molecule has 0 saturated heterocycles. The van der Waals surface area contributed by atoms with Gasteiger partial charge in [-0.1, -0.05) is 54.1 Å². The van der Waals surface area contributed by atoms with E-state index in [1.54, 1.807) is 0 Å². The van der Waals surface area contributed by atoms with Crippen LogP contribution in [0.4, 0.5) is 5.69 Å². The van der Waals surface area contributed by atoms with Crippen molar-refractivity contribution in [3.63, 3.8) is 0 Å². The molecule has 0 unspecified atom stereocenters. The van der Waals surface area contributed by atoms with E-state index in [1.807, 2.05) is 72.2 Å². The number of carbonyl (C=O) groups excluding carboxylic acids is 1. The number of nitrogens with zero attached hydrogens (tertiary/aromatic N) is 2. The van der Waals surface area contributed by atoms with Crippen LogP contribution < -0.4 is 5.32 Å². The summed E-state index contributed by atoms with van der Waals surface area (Å²) in [6, 6.07) is 23.9. The molecule has 1 aromatic heterocycles. The molecule has 0 saturated carbocycles. The highest BCUT2D eigenvalue weighted by atomic mass is 16.1. The third kappa shape index (κ3) is 3.60. The number of imidazole rings is 1. The molecule has 0 aliphatic rings. The largest absolute Gasteiger partial charge is 0.325 e. The second-order valence-corrected chi connectivity index (χ2v) is 6.79. The number of aromatic nitrogens is 2. The van der Waals surface area contributed by atoms with Gasteiger partial charge in [0.1, 0.15) is 12.4 Å². The fraction of sp³-hybridized carbons (Fsp3) is 0.130. The SMILES string of the molecule is Cc1ccc(-c2nc3ccccc3n2CC(=O)Nc2cccc(C)c2)cc1. The maximum Gasteiger partial charge on any atom is 0.244 e. The van der Waals surface area contributed by atoms with Crippen molar-refractivity contribution in [3.05, 3.63) is 83.9 Å². The first-order valence-electron chi connectivity index (χ1n) is 8.99. The summed E-state index contributed by atoms with van der Waals surface area (Å²) in [6.07, 6.45) is 0. The van der Waals surface area contributed by atoms with Gasteiger partial charge in [0.05, 0.1) is 11.0 Å². The van der Waals surface area contributed by atoms with E-state index >= 15 is 0 Å². The van der Waals surface area contributed by atoms with Gasteiger partial charge in [-0.05, 0) is 43.7 Å². The van der Waals surface area contributed by atoms with Crippen LogP contribution in [-0.2, 0) is 11.3 Å². The molecule has 0 spiro atoms. The van der Waals surface area contributed by atoms with Crippen LogP contribution in [0.15, 0.2) is 72.8 Å². The normalized spacial score (nSPS) is 10.9. The fourth-order valence-electron chi connectivity index (χ4n) is 3.23. The van der Waals surface area contributed by atoms with Gasteiger partial charge in [-0.3, -0.25) is 4.79 Å². The maximum absolute atomic E-state index is 12.7. The fourth-order valence-corrected chi connectivity index (χ4v) is 3.23. The van der Waals surface area contributed by atoms with Gasteiger partial charge in [-0.15, -0.1) is 0 Å². The molecular weight excluding hydrogens is 334 g/mol. The Hall–Kier alpha value is -3.40. The molecule has 4 rings (SSSR count). The number of fused-ring (bicyclic) bond motifs is 1. The highest BCUT2D eigenvalue weighted by Gasteiger charge is 2.15. The lowest BCUT2D eigenvalue weighted by molar-refractivity contribution is -0.116. The van der Waals surface area contributed by atoms with Crippen molar-refractivity contribution >= 4 is 22.6 Å². The molecule has 1 amide bonds. The molecule has 27 heavy (non-hydrogen) atoms. The Morgan fingerprint density at radius 2 is 1.70 bits per heavy atom. The summed E-state index contributed by atoms with van der Waals surface area (Å²) in [6.45, 7) is 4.27. The molecule has 134 valence electrons. The summed E-state index contributed by atoms with van der Waals surface area (Å²) >= 11 is 0. The molecule has 0 atom stereocenters. The number of hydrogen-bond acceptors (Lipinski definition) is 2. The van der Waals surface area contributed by atoms with Crippen LogP contribution in [0.1, 0.15) is 11.1 Å². The van der Waals surface area contributed by atoms with Crippen molar-refractivity contribution in [1.82, 2.24) is 9.55 Å². The molecule has 4 aromatic rings. The van der Waals surface area contributed by atoms with Crippen LogP contribution in [0, 0.1) is 13.8 Å². The van der Waals surface area contributed by atoms with Crippen LogP contribution in [0.25, 0.3) is 22.4 Å². The minimum atomic E-state index is -0.0721. The van der Waals surface area contributed by atoms with Crippen molar-refractivity contribution in [1.29, 1.82) is 0 Å². The van der Waals surface area contributed by atoms with Gasteiger partial charge in [0.2, 0.25) is 5.91 Å². The van der Waals surface area contributed by atoms with Gasteiger partial charge >= 0.3 is 0 Å². The monoisotopic (exact) mass is 355 g/mol. The average molecular weight is 355 g/mol. The van der Waals surface area contributed by atoms with Crippen LogP contribution in [0.3, 0.4) is 0 Å². The van der Waals surface area contributed by atoms with E-state index in [0.717, 1.165) is 33.7 Å². The highest BCUT2D eigenvalue weighted by molar-refractivity contribution is 5.92. The lowest BCUT2D eigenvalue weighted by Gasteiger charge is -2.11. The summed E-state index contributed by atoms with van der Waals surface area (Å²) in [5.74, 6) is 0.729. The Bertz CT molecular complexity index is 1110. The first kappa shape index (κ1) is 17.0. The zero-order valence-corrected chi connectivity index (χ0v) is 15.4. The van der Waals surface area contributed by atoms with Gasteiger partial charge in [0, 0.05) is 11.3 Å². The number of aryl methyl sites for hydroxylation is 2. The average Bonchev–Trinajstić information content (AvgIpc) is 3.01. The summed E-state index contributed by atoms with van der Waals surface area (Å²) in [4.78, 5) is 17.5. The number of para-hydroxylation sites is 2. The molecular formula is C23H21N3O. The van der Waals surface area contributed by atoms with Crippen molar-refractivity contribution in [2.24, 2.45) is 0 Å². The molecule has 3 aromatic carbocycles. The van der Waals surface area contributed by atoms with Crippen LogP contribution in [0.2, 0.25) is 0 Å². The first-order chi connectivity index (χ1) is 13.1. The number of carbonyl (C=O) groups is 1. The molecule has 0 bridgehead atoms. The van der Waals surface area contributed by atoms with Crippen LogP contribution >= 0.6 is 0 Å². The lowest BCUT2D eigenvalue weighted by atomic mass is 10.1. The minimum Gasteiger partial charge on any atom is -0.325 e. The number of benzene rings is 3. The van der Waals surface area contributed by atoms with E-state index in [4.69, 9.17) is 4.98 Å². The van der Waals surface area contributed by atoms with E-state index in [1.165, 1.54) is 5.56 Å². The molecule has 0 fully saturated rings. The van der Waals surface area contributed by atoms with Crippen molar-refractivity contribution < 1.29 is 4.79 Å². The predicted octanol–water partition coefficient (Wildman–Crippen LogP) is 4.96. The Labute approximate surface area is 158 Å². The Balaban J connectivity index is 1.70. The van der Waals surface area contributed by atoms with Crippen molar-refractivity contribution in [3.8, 4) is 11.4 Å². The van der Waals surface area contributed by atoms with E-state index in [2.05, 4.69) is 24.4 Å². The summed E-state index contributed by atoms with van der Waals surface area (Å²) in [7, 11) is 0. The van der Waals surface area contributed by atoms with Gasteiger partial charge in [0.25, 0.3) is 0 Å². The van der Waals surface area contributed by atoms with Gasteiger partial charge in [0.15, 0.2) is 0 Å². The molecule has 0 radical (unpaired) electrons. The number of nitrogens with one attached hydrogen (secondary N) is 1. The van der Waals surface area contributed by atoms with Crippen LogP contribution in [-0.4, -0.2) is 15.5 Å². The Morgan fingerprint density at radius 1 is 0.926 bits per heavy atom. The van der Waals surface area contributed by atoms with Crippen LogP contribution in [0.5, 0.6) is 0 Å². The molecule has 1 heterocycles. The number of hydrogen-bond donors (Lipinski definition) is 1. The smallest absolute Gasteiger partial charge is 0.244 e. The van der Waals surface area contributed by atoms with Crippen molar-refractivity contribution in [2.75, 3.05) is 5.32 Å². The molecule has 1 N–H and O–H groups in total. The van der Waals surface area contributed by atoms with Gasteiger partial charge in [-0.2, -0.15) is 0 Å². The minimum absolute atomic E-state index is 0.0721. The number of anilines is 1. The van der Waals surface area contributed by atoms with E-state index in [-0.39, 0.29) is 12.5 Å². The van der Waals surface area contributed by atoms with Gasteiger partial charge < -0.3 is 9.88 Å². The Kier molecular flexibility index (Phi) is 4.47. The second kappa shape index (κ2) is 7.08. The summed E-state index contributed by atoms with van der Waals surface area (Å²) < 4.78 is 1.98. The highest BCUT2D eigenvalue weighted by Crippen LogP contribution is 2.25. The lowest BCUT2D eigenvalue weighted by Crippen LogP contribution is -2.19. The molecule has 0 aliphatic carbocycles. The third-order valence-corrected chi connectivity index (χ3v) is 4.57. The zero-order chi connectivity index (χ0) is 18.8. The Morgan fingerprint density at radius 3 is 2.48 bits per heavy atom. The predicted molar refractivity (Wildman–Crippen MR) is 110 cm³/mol. The second-order valence-electron chi connectivity index (χ2n) is 6.79.